The molecule has 4 heteroatoms. The average Bonchev–Trinajstić information content (AvgIpc) is 0. The van der Waals surface area contributed by atoms with Crippen molar-refractivity contribution in [3.8, 4) is 0 Å². The van der Waals surface area contributed by atoms with Crippen LogP contribution in [0.1, 0.15) is 2.85 Å². The monoisotopic (exact) mass is 361 g/mol. The summed E-state index contributed by atoms with van der Waals surface area (Å²) >= 11 is 0. The van der Waals surface area contributed by atoms with Crippen molar-refractivity contribution in [1.82, 2.24) is 0 Å². The number of hydrogen-bond donors (Lipinski definition) is 0. The zero-order chi connectivity index (χ0) is 0. The van der Waals surface area contributed by atoms with Gasteiger partial charge in [-0.1, -0.05) is 0 Å². The third kappa shape index (κ3) is 8.82. The molecule has 0 amide bonds. The minimum atomic E-state index is 0. The first-order valence-corrected chi connectivity index (χ1v) is 0. The van der Waals surface area contributed by atoms with Crippen molar-refractivity contribution in [2.75, 3.05) is 0 Å². The van der Waals surface area contributed by atoms with Gasteiger partial charge >= 0.3 is 23.1 Å². The predicted molar refractivity (Wildman–Crippen MR) is 7.98 cm³/mol. The Morgan fingerprint density at radius 2 is 1.25 bits per heavy atom. The molecule has 0 spiro atoms. The maximum absolute atomic E-state index is 0. The second kappa shape index (κ2) is 17.3. The molecule has 4 heavy (non-hydrogen) atoms. The summed E-state index contributed by atoms with van der Waals surface area (Å²) in [6, 6.07) is 0. The number of hydrogen-bond acceptors (Lipinski definition) is 0. The fraction of sp³-hybridized carbons (Fsp3) is 0. The Labute approximate surface area is 84.7 Å². The van der Waals surface area contributed by atoms with Crippen LogP contribution < -0.4 is 0 Å². The van der Waals surface area contributed by atoms with E-state index in [-0.39, 0.29) is 85.8 Å². The van der Waals surface area contributed by atoms with Crippen molar-refractivity contribution in [3.05, 3.63) is 0 Å². The summed E-state index contributed by atoms with van der Waals surface area (Å²) in [5.74, 6) is 0. The van der Waals surface area contributed by atoms with Gasteiger partial charge in [-0.2, -0.15) is 0 Å². The normalized spacial score (nSPS) is 0. The van der Waals surface area contributed by atoms with Crippen LogP contribution in [-0.2, 0) is 59.9 Å². The topological polar surface area (TPSA) is 0 Å². The zero-order valence-corrected chi connectivity index (χ0v) is 9.41. The van der Waals surface area contributed by atoms with Crippen LogP contribution in [0.3, 0.4) is 0 Å². The Bertz CT molecular complexity index is 13.5. The Kier molecular flexibility index (Phi) is 130. The van der Waals surface area contributed by atoms with Gasteiger partial charge in [0.05, 0.1) is 0 Å². The average molecular weight is 362 g/mol. The standard InChI is InChI=1S/Mg.Nb.Ni.W.2H/q+2;;;;2*-1. The molecule has 0 aromatic carbocycles. The fourth-order valence-electron chi connectivity index (χ4n) is 0. The van der Waals surface area contributed by atoms with Crippen LogP contribution in [0.5, 0.6) is 0 Å². The molecule has 0 aliphatic rings. The molecule has 25 valence electrons. The van der Waals surface area contributed by atoms with Crippen LogP contribution in [0.2, 0.25) is 0 Å². The van der Waals surface area contributed by atoms with Gasteiger partial charge in [0.1, 0.15) is 0 Å². The maximum atomic E-state index is 0. The second-order valence-corrected chi connectivity index (χ2v) is 0. The van der Waals surface area contributed by atoms with E-state index >= 15 is 0 Å². The van der Waals surface area contributed by atoms with Gasteiger partial charge in [-0.15, -0.1) is 0 Å². The maximum Gasteiger partial charge on any atom is 2.00 e. The van der Waals surface area contributed by atoms with E-state index in [4.69, 9.17) is 0 Å². The first kappa shape index (κ1) is 29.9. The smallest absolute Gasteiger partial charge is 1.00 e. The molecule has 0 unspecified atom stereocenters. The second-order valence-electron chi connectivity index (χ2n) is 0. The van der Waals surface area contributed by atoms with Crippen LogP contribution >= 0.6 is 0 Å². The van der Waals surface area contributed by atoms with E-state index in [1.165, 1.54) is 0 Å². The summed E-state index contributed by atoms with van der Waals surface area (Å²) in [6.07, 6.45) is 0. The van der Waals surface area contributed by atoms with Gasteiger partial charge in [0.2, 0.25) is 0 Å². The minimum absolute atomic E-state index is 0. The van der Waals surface area contributed by atoms with E-state index in [1.54, 1.807) is 0 Å². The van der Waals surface area contributed by atoms with E-state index in [1.807, 2.05) is 0 Å². The van der Waals surface area contributed by atoms with E-state index in [9.17, 15) is 0 Å². The molecule has 0 atom stereocenters. The molecule has 1 radical (unpaired) electrons. The summed E-state index contributed by atoms with van der Waals surface area (Å²) in [5.41, 5.74) is 0. The molecule has 0 rings (SSSR count). The fourth-order valence-corrected chi connectivity index (χ4v) is 0. The largest absolute Gasteiger partial charge is 2.00 e. The molecule has 0 N–H and O–H groups in total. The van der Waals surface area contributed by atoms with Gasteiger partial charge in [-0.05, 0) is 0 Å². The summed E-state index contributed by atoms with van der Waals surface area (Å²) in [4.78, 5) is 0. The summed E-state index contributed by atoms with van der Waals surface area (Å²) < 4.78 is 0. The Morgan fingerprint density at radius 3 is 1.25 bits per heavy atom. The molecule has 0 aromatic rings. The molecule has 0 saturated carbocycles. The third-order valence-electron chi connectivity index (χ3n) is 0. The molecule has 0 bridgehead atoms. The molecule has 0 saturated heterocycles. The van der Waals surface area contributed by atoms with Crippen LogP contribution in [0.4, 0.5) is 0 Å². The SMILES string of the molecule is [H-].[H-].[Mg+2].[Nb].[Ni].[W]. The Morgan fingerprint density at radius 1 is 1.25 bits per heavy atom. The molecule has 0 aliphatic carbocycles. The van der Waals surface area contributed by atoms with Crippen molar-refractivity contribution in [1.29, 1.82) is 0 Å². The molecular weight excluding hydrogens is 360 g/mol. The molecule has 0 aliphatic heterocycles. The van der Waals surface area contributed by atoms with Gasteiger partial charge < -0.3 is 2.85 Å². The Balaban J connectivity index is 0. The van der Waals surface area contributed by atoms with Crippen molar-refractivity contribution in [3.63, 3.8) is 0 Å². The molecule has 0 nitrogen and oxygen atoms in total. The van der Waals surface area contributed by atoms with E-state index in [2.05, 4.69) is 0 Å². The quantitative estimate of drug-likeness (QED) is 0.526. The summed E-state index contributed by atoms with van der Waals surface area (Å²) in [6.45, 7) is 0. The first-order valence-electron chi connectivity index (χ1n) is 0. The van der Waals surface area contributed by atoms with Crippen LogP contribution in [0.15, 0.2) is 0 Å². The molecule has 0 aromatic heterocycles. The van der Waals surface area contributed by atoms with Crippen LogP contribution in [0.25, 0.3) is 0 Å². The van der Waals surface area contributed by atoms with Crippen molar-refractivity contribution < 1.29 is 62.8 Å². The Hall–Kier alpha value is 2.69. The summed E-state index contributed by atoms with van der Waals surface area (Å²) in [5, 5.41) is 0. The van der Waals surface area contributed by atoms with Gasteiger partial charge in [-0.25, -0.2) is 0 Å². The molecule has 0 heterocycles. The number of rotatable bonds is 0. The van der Waals surface area contributed by atoms with Gasteiger partial charge in [0.15, 0.2) is 0 Å². The summed E-state index contributed by atoms with van der Waals surface area (Å²) in [7, 11) is 0. The van der Waals surface area contributed by atoms with Crippen LogP contribution in [-0.4, -0.2) is 23.1 Å². The van der Waals surface area contributed by atoms with E-state index < -0.39 is 0 Å². The molecule has 0 fully saturated rings. The minimum Gasteiger partial charge on any atom is -1.00 e. The third-order valence-corrected chi connectivity index (χ3v) is 0. The van der Waals surface area contributed by atoms with E-state index in [0.717, 1.165) is 0 Å². The van der Waals surface area contributed by atoms with Gasteiger partial charge in [-0.3, -0.25) is 0 Å². The van der Waals surface area contributed by atoms with E-state index in [0.29, 0.717) is 0 Å². The van der Waals surface area contributed by atoms with Gasteiger partial charge in [0, 0.05) is 59.9 Å². The van der Waals surface area contributed by atoms with Crippen molar-refractivity contribution in [2.24, 2.45) is 0 Å². The zero-order valence-electron chi connectivity index (χ0n) is 3.88. The van der Waals surface area contributed by atoms with Crippen LogP contribution in [0, 0.1) is 0 Å². The van der Waals surface area contributed by atoms with Crippen molar-refractivity contribution in [2.45, 2.75) is 0 Å². The molecular formula is H2MgNbNiW. The van der Waals surface area contributed by atoms with Crippen molar-refractivity contribution >= 4 is 23.1 Å². The van der Waals surface area contributed by atoms with Gasteiger partial charge in [0.25, 0.3) is 0 Å². The predicted octanol–water partition coefficient (Wildman–Crippen LogP) is -0.163. The first-order chi connectivity index (χ1) is 0.